The first-order chi connectivity index (χ1) is 15.7. The Labute approximate surface area is 188 Å². The van der Waals surface area contributed by atoms with E-state index in [9.17, 15) is 4.79 Å². The number of rotatable bonds is 8. The molecular formula is C27H25N3O2. The SMILES string of the molecule is COc1cc(/C=C/C(=O)NC(Cc2ccccc2)c2ccccc2)ccc1-n1ccnc1. The first-order valence-corrected chi connectivity index (χ1v) is 10.5. The second kappa shape index (κ2) is 10.3. The van der Waals surface area contributed by atoms with E-state index >= 15 is 0 Å². The van der Waals surface area contributed by atoms with Crippen molar-refractivity contribution in [1.82, 2.24) is 14.9 Å². The fraction of sp³-hybridized carbons (Fsp3) is 0.111. The third-order valence-corrected chi connectivity index (χ3v) is 5.21. The third kappa shape index (κ3) is 5.32. The summed E-state index contributed by atoms with van der Waals surface area (Å²) in [4.78, 5) is 16.8. The zero-order valence-corrected chi connectivity index (χ0v) is 17.9. The highest BCUT2D eigenvalue weighted by atomic mass is 16.5. The van der Waals surface area contributed by atoms with Crippen LogP contribution in [0.2, 0.25) is 0 Å². The predicted molar refractivity (Wildman–Crippen MR) is 127 cm³/mol. The highest BCUT2D eigenvalue weighted by Gasteiger charge is 2.14. The predicted octanol–water partition coefficient (Wildman–Crippen LogP) is 4.99. The van der Waals surface area contributed by atoms with E-state index in [-0.39, 0.29) is 11.9 Å². The Hall–Kier alpha value is -4.12. The first-order valence-electron chi connectivity index (χ1n) is 10.5. The van der Waals surface area contributed by atoms with Gasteiger partial charge in [-0.25, -0.2) is 4.98 Å². The van der Waals surface area contributed by atoms with Crippen LogP contribution in [-0.4, -0.2) is 22.6 Å². The van der Waals surface area contributed by atoms with E-state index in [4.69, 9.17) is 4.74 Å². The van der Waals surface area contributed by atoms with Gasteiger partial charge in [-0.2, -0.15) is 0 Å². The lowest BCUT2D eigenvalue weighted by Gasteiger charge is -2.18. The van der Waals surface area contributed by atoms with Gasteiger partial charge in [0.15, 0.2) is 0 Å². The molecule has 0 saturated carbocycles. The van der Waals surface area contributed by atoms with Crippen molar-refractivity contribution in [3.05, 3.63) is 120 Å². The van der Waals surface area contributed by atoms with Gasteiger partial charge in [-0.3, -0.25) is 4.79 Å². The minimum Gasteiger partial charge on any atom is -0.495 e. The van der Waals surface area contributed by atoms with Crippen LogP contribution in [0.1, 0.15) is 22.7 Å². The summed E-state index contributed by atoms with van der Waals surface area (Å²) in [5, 5.41) is 3.15. The minimum absolute atomic E-state index is 0.117. The summed E-state index contributed by atoms with van der Waals surface area (Å²) in [6.45, 7) is 0. The summed E-state index contributed by atoms with van der Waals surface area (Å²) in [5.74, 6) is 0.559. The van der Waals surface area contributed by atoms with Crippen molar-refractivity contribution in [2.45, 2.75) is 12.5 Å². The molecule has 3 aromatic carbocycles. The van der Waals surface area contributed by atoms with E-state index in [0.717, 1.165) is 23.2 Å². The second-order valence-electron chi connectivity index (χ2n) is 7.40. The molecule has 1 aromatic heterocycles. The van der Waals surface area contributed by atoms with Gasteiger partial charge in [-0.05, 0) is 41.3 Å². The largest absolute Gasteiger partial charge is 0.495 e. The van der Waals surface area contributed by atoms with Crippen molar-refractivity contribution >= 4 is 12.0 Å². The van der Waals surface area contributed by atoms with Crippen molar-refractivity contribution in [2.75, 3.05) is 7.11 Å². The third-order valence-electron chi connectivity index (χ3n) is 5.21. The van der Waals surface area contributed by atoms with Crippen LogP contribution in [0.15, 0.2) is 104 Å². The molecule has 0 spiro atoms. The van der Waals surface area contributed by atoms with Gasteiger partial charge < -0.3 is 14.6 Å². The van der Waals surface area contributed by atoms with Crippen molar-refractivity contribution in [3.63, 3.8) is 0 Å². The van der Waals surface area contributed by atoms with Crippen molar-refractivity contribution in [2.24, 2.45) is 0 Å². The van der Waals surface area contributed by atoms with Crippen LogP contribution in [0.3, 0.4) is 0 Å². The van der Waals surface area contributed by atoms with Crippen LogP contribution < -0.4 is 10.1 Å². The van der Waals surface area contributed by atoms with Crippen LogP contribution in [0.25, 0.3) is 11.8 Å². The number of ether oxygens (including phenoxy) is 1. The van der Waals surface area contributed by atoms with E-state index < -0.39 is 0 Å². The van der Waals surface area contributed by atoms with Crippen LogP contribution >= 0.6 is 0 Å². The number of carbonyl (C=O) groups excluding carboxylic acids is 1. The Morgan fingerprint density at radius 3 is 2.50 bits per heavy atom. The highest BCUT2D eigenvalue weighted by Crippen LogP contribution is 2.25. The smallest absolute Gasteiger partial charge is 0.244 e. The molecule has 160 valence electrons. The maximum absolute atomic E-state index is 12.8. The van der Waals surface area contributed by atoms with E-state index in [0.29, 0.717) is 5.75 Å². The number of hydrogen-bond donors (Lipinski definition) is 1. The molecule has 32 heavy (non-hydrogen) atoms. The molecule has 4 aromatic rings. The number of methoxy groups -OCH3 is 1. The topological polar surface area (TPSA) is 56.1 Å². The lowest BCUT2D eigenvalue weighted by Crippen LogP contribution is -2.28. The molecule has 5 heteroatoms. The molecule has 1 amide bonds. The van der Waals surface area contributed by atoms with Gasteiger partial charge in [-0.15, -0.1) is 0 Å². The molecule has 1 N–H and O–H groups in total. The van der Waals surface area contributed by atoms with Gasteiger partial charge in [0.1, 0.15) is 5.75 Å². The molecular weight excluding hydrogens is 398 g/mol. The van der Waals surface area contributed by atoms with E-state index in [1.807, 2.05) is 77.5 Å². The molecule has 1 atom stereocenters. The molecule has 5 nitrogen and oxygen atoms in total. The zero-order valence-electron chi connectivity index (χ0n) is 17.9. The Morgan fingerprint density at radius 1 is 1.06 bits per heavy atom. The summed E-state index contributed by atoms with van der Waals surface area (Å²) in [7, 11) is 1.63. The van der Waals surface area contributed by atoms with Gasteiger partial charge in [0.05, 0.1) is 25.2 Å². The molecule has 4 rings (SSSR count). The quantitative estimate of drug-likeness (QED) is 0.406. The Morgan fingerprint density at radius 2 is 1.81 bits per heavy atom. The average molecular weight is 424 g/mol. The van der Waals surface area contributed by atoms with Crippen LogP contribution in [0.4, 0.5) is 0 Å². The van der Waals surface area contributed by atoms with E-state index in [2.05, 4.69) is 22.4 Å². The summed E-state index contributed by atoms with van der Waals surface area (Å²) in [5.41, 5.74) is 4.01. The minimum atomic E-state index is -0.146. The van der Waals surface area contributed by atoms with Crippen molar-refractivity contribution < 1.29 is 9.53 Å². The lowest BCUT2D eigenvalue weighted by atomic mass is 9.99. The number of amides is 1. The monoisotopic (exact) mass is 423 g/mol. The molecule has 0 saturated heterocycles. The summed E-state index contributed by atoms with van der Waals surface area (Å²) in [6, 6.07) is 25.9. The Bertz CT molecular complexity index is 1170. The lowest BCUT2D eigenvalue weighted by molar-refractivity contribution is -0.117. The van der Waals surface area contributed by atoms with Gasteiger partial charge in [0.25, 0.3) is 0 Å². The number of nitrogens with one attached hydrogen (secondary N) is 1. The summed E-state index contributed by atoms with van der Waals surface area (Å²) < 4.78 is 7.40. The zero-order chi connectivity index (χ0) is 22.2. The fourth-order valence-corrected chi connectivity index (χ4v) is 3.59. The summed E-state index contributed by atoms with van der Waals surface area (Å²) >= 11 is 0. The van der Waals surface area contributed by atoms with Crippen molar-refractivity contribution in [1.29, 1.82) is 0 Å². The maximum atomic E-state index is 12.8. The summed E-state index contributed by atoms with van der Waals surface area (Å²) in [6.07, 6.45) is 9.37. The maximum Gasteiger partial charge on any atom is 0.244 e. The Balaban J connectivity index is 1.49. The van der Waals surface area contributed by atoms with Crippen molar-refractivity contribution in [3.8, 4) is 11.4 Å². The molecule has 1 unspecified atom stereocenters. The molecule has 0 aliphatic heterocycles. The molecule has 0 bridgehead atoms. The molecule has 0 fully saturated rings. The van der Waals surface area contributed by atoms with E-state index in [1.54, 1.807) is 31.8 Å². The molecule has 0 aliphatic carbocycles. The van der Waals surface area contributed by atoms with Gasteiger partial charge in [0, 0.05) is 18.5 Å². The first kappa shape index (κ1) is 21.1. The molecule has 0 aliphatic rings. The van der Waals surface area contributed by atoms with Gasteiger partial charge in [0.2, 0.25) is 5.91 Å². The van der Waals surface area contributed by atoms with Crippen LogP contribution in [0.5, 0.6) is 5.75 Å². The number of nitrogens with zero attached hydrogens (tertiary/aromatic N) is 2. The van der Waals surface area contributed by atoms with Crippen LogP contribution in [-0.2, 0) is 11.2 Å². The number of aromatic nitrogens is 2. The molecule has 1 heterocycles. The number of imidazole rings is 1. The van der Waals surface area contributed by atoms with E-state index in [1.165, 1.54) is 5.56 Å². The standard InChI is InChI=1S/C27H25N3O2/c1-32-26-19-22(12-14-25(26)30-17-16-28-20-30)13-15-27(31)29-24(23-10-6-3-7-11-23)18-21-8-4-2-5-9-21/h2-17,19-20,24H,18H2,1H3,(H,29,31)/b15-13+. The normalized spacial score (nSPS) is 11.9. The Kier molecular flexibility index (Phi) is 6.78. The second-order valence-corrected chi connectivity index (χ2v) is 7.40. The number of carbonyl (C=O) groups is 1. The highest BCUT2D eigenvalue weighted by molar-refractivity contribution is 5.92. The fourth-order valence-electron chi connectivity index (χ4n) is 3.59. The van der Waals surface area contributed by atoms with Crippen LogP contribution in [0, 0.1) is 0 Å². The number of hydrogen-bond acceptors (Lipinski definition) is 3. The van der Waals surface area contributed by atoms with Gasteiger partial charge >= 0.3 is 0 Å². The number of benzene rings is 3. The molecule has 0 radical (unpaired) electrons. The van der Waals surface area contributed by atoms with Gasteiger partial charge in [-0.1, -0.05) is 66.7 Å². The average Bonchev–Trinajstić information content (AvgIpc) is 3.38.